The quantitative estimate of drug-likeness (QED) is 0.807. The van der Waals surface area contributed by atoms with E-state index in [2.05, 4.69) is 24.3 Å². The fourth-order valence-corrected chi connectivity index (χ4v) is 1.80. The standard InChI is InChI=1S/C15H27N3O2/c1-10(2)6-7-18-12(5)13(9-16-18)17-15(20)8-14(19)11(3)4/h9-11,14,19H,6-8H2,1-5H3,(H,17,20). The van der Waals surface area contributed by atoms with Crippen molar-refractivity contribution in [1.29, 1.82) is 0 Å². The van der Waals surface area contributed by atoms with E-state index >= 15 is 0 Å². The summed E-state index contributed by atoms with van der Waals surface area (Å²) < 4.78 is 1.91. The molecule has 0 aromatic carbocycles. The first-order valence-electron chi connectivity index (χ1n) is 7.31. The largest absolute Gasteiger partial charge is 0.392 e. The summed E-state index contributed by atoms with van der Waals surface area (Å²) in [4.78, 5) is 11.8. The molecule has 1 aromatic heterocycles. The van der Waals surface area contributed by atoms with Gasteiger partial charge >= 0.3 is 0 Å². The molecular weight excluding hydrogens is 254 g/mol. The van der Waals surface area contributed by atoms with E-state index in [4.69, 9.17) is 0 Å². The van der Waals surface area contributed by atoms with E-state index in [1.807, 2.05) is 25.5 Å². The predicted octanol–water partition coefficient (Wildman–Crippen LogP) is 2.58. The number of aryl methyl sites for hydroxylation is 1. The van der Waals surface area contributed by atoms with Crippen LogP contribution < -0.4 is 5.32 Å². The lowest BCUT2D eigenvalue weighted by molar-refractivity contribution is -0.118. The fraction of sp³-hybridized carbons (Fsp3) is 0.733. The van der Waals surface area contributed by atoms with Gasteiger partial charge in [-0.1, -0.05) is 27.7 Å². The molecule has 1 unspecified atom stereocenters. The highest BCUT2D eigenvalue weighted by Crippen LogP contribution is 2.16. The van der Waals surface area contributed by atoms with Gasteiger partial charge in [0.25, 0.3) is 0 Å². The van der Waals surface area contributed by atoms with Crippen molar-refractivity contribution >= 4 is 11.6 Å². The summed E-state index contributed by atoms with van der Waals surface area (Å²) in [5.41, 5.74) is 1.69. The summed E-state index contributed by atoms with van der Waals surface area (Å²) >= 11 is 0. The summed E-state index contributed by atoms with van der Waals surface area (Å²) in [6.45, 7) is 10.9. The van der Waals surface area contributed by atoms with Gasteiger partial charge in [0, 0.05) is 6.54 Å². The number of carbonyl (C=O) groups is 1. The molecule has 5 heteroatoms. The van der Waals surface area contributed by atoms with Gasteiger partial charge in [-0.3, -0.25) is 9.48 Å². The summed E-state index contributed by atoms with van der Waals surface area (Å²) in [5.74, 6) is 0.533. The topological polar surface area (TPSA) is 67.2 Å². The second-order valence-corrected chi connectivity index (χ2v) is 6.11. The normalized spacial score (nSPS) is 13.0. The average Bonchev–Trinajstić information content (AvgIpc) is 2.68. The number of aliphatic hydroxyl groups excluding tert-OH is 1. The van der Waals surface area contributed by atoms with Crippen molar-refractivity contribution in [2.45, 2.75) is 60.1 Å². The lowest BCUT2D eigenvalue weighted by Gasteiger charge is -2.14. The third kappa shape index (κ3) is 4.96. The molecule has 1 atom stereocenters. The van der Waals surface area contributed by atoms with E-state index in [1.165, 1.54) is 0 Å². The van der Waals surface area contributed by atoms with E-state index in [-0.39, 0.29) is 18.2 Å². The van der Waals surface area contributed by atoms with Crippen LogP contribution in [0, 0.1) is 18.8 Å². The zero-order valence-corrected chi connectivity index (χ0v) is 13.2. The first kappa shape index (κ1) is 16.7. The molecule has 20 heavy (non-hydrogen) atoms. The summed E-state index contributed by atoms with van der Waals surface area (Å²) in [6, 6.07) is 0. The lowest BCUT2D eigenvalue weighted by atomic mass is 10.0. The molecule has 0 aliphatic carbocycles. The van der Waals surface area contributed by atoms with Crippen molar-refractivity contribution in [3.05, 3.63) is 11.9 Å². The Kier molecular flexibility index (Phi) is 6.20. The molecule has 0 saturated carbocycles. The molecule has 1 heterocycles. The van der Waals surface area contributed by atoms with Gasteiger partial charge in [0.05, 0.1) is 30.1 Å². The Hall–Kier alpha value is -1.36. The van der Waals surface area contributed by atoms with Gasteiger partial charge in [-0.2, -0.15) is 5.10 Å². The number of anilines is 1. The smallest absolute Gasteiger partial charge is 0.227 e. The fourth-order valence-electron chi connectivity index (χ4n) is 1.80. The number of carbonyl (C=O) groups excluding carboxylic acids is 1. The zero-order valence-electron chi connectivity index (χ0n) is 13.2. The van der Waals surface area contributed by atoms with E-state index in [0.29, 0.717) is 5.92 Å². The maximum absolute atomic E-state index is 11.8. The Morgan fingerprint density at radius 1 is 1.40 bits per heavy atom. The Morgan fingerprint density at radius 3 is 2.60 bits per heavy atom. The molecule has 0 saturated heterocycles. The van der Waals surface area contributed by atoms with Crippen LogP contribution in [0.25, 0.3) is 0 Å². The summed E-state index contributed by atoms with van der Waals surface area (Å²) in [7, 11) is 0. The van der Waals surface area contributed by atoms with Gasteiger partial charge in [-0.05, 0) is 25.2 Å². The van der Waals surface area contributed by atoms with Gasteiger partial charge < -0.3 is 10.4 Å². The van der Waals surface area contributed by atoms with Crippen LogP contribution in [0.1, 0.15) is 46.2 Å². The van der Waals surface area contributed by atoms with Crippen molar-refractivity contribution in [2.75, 3.05) is 5.32 Å². The molecule has 0 radical (unpaired) electrons. The van der Waals surface area contributed by atoms with Crippen LogP contribution in [0.3, 0.4) is 0 Å². The summed E-state index contributed by atoms with van der Waals surface area (Å²) in [6.07, 6.45) is 2.25. The maximum Gasteiger partial charge on any atom is 0.227 e. The Bertz CT molecular complexity index is 438. The first-order chi connectivity index (χ1) is 9.31. The van der Waals surface area contributed by atoms with Crippen molar-refractivity contribution in [3.63, 3.8) is 0 Å². The number of amides is 1. The monoisotopic (exact) mass is 281 g/mol. The van der Waals surface area contributed by atoms with Crippen LogP contribution in [0.4, 0.5) is 5.69 Å². The van der Waals surface area contributed by atoms with Crippen LogP contribution in [0.5, 0.6) is 0 Å². The molecule has 1 rings (SSSR count). The molecule has 1 aromatic rings. The lowest BCUT2D eigenvalue weighted by Crippen LogP contribution is -2.23. The minimum atomic E-state index is -0.605. The summed E-state index contributed by atoms with van der Waals surface area (Å²) in [5, 5.41) is 16.8. The van der Waals surface area contributed by atoms with Crippen LogP contribution >= 0.6 is 0 Å². The molecule has 0 fully saturated rings. The molecule has 114 valence electrons. The average molecular weight is 281 g/mol. The second-order valence-electron chi connectivity index (χ2n) is 6.11. The second kappa shape index (κ2) is 7.43. The Labute approximate surface area is 121 Å². The van der Waals surface area contributed by atoms with E-state index in [1.54, 1.807) is 6.20 Å². The van der Waals surface area contributed by atoms with Gasteiger partial charge in [0.1, 0.15) is 0 Å². The molecular formula is C15H27N3O2. The third-order valence-corrected chi connectivity index (χ3v) is 3.46. The molecule has 0 bridgehead atoms. The third-order valence-electron chi connectivity index (χ3n) is 3.46. The minimum Gasteiger partial charge on any atom is -0.392 e. The van der Waals surface area contributed by atoms with E-state index < -0.39 is 6.10 Å². The molecule has 0 aliphatic rings. The number of aromatic nitrogens is 2. The highest BCUT2D eigenvalue weighted by atomic mass is 16.3. The van der Waals surface area contributed by atoms with Crippen LogP contribution in [-0.2, 0) is 11.3 Å². The van der Waals surface area contributed by atoms with Gasteiger partial charge in [0.2, 0.25) is 5.91 Å². The molecule has 0 spiro atoms. The highest BCUT2D eigenvalue weighted by Gasteiger charge is 2.16. The number of hydrogen-bond donors (Lipinski definition) is 2. The zero-order chi connectivity index (χ0) is 15.3. The van der Waals surface area contributed by atoms with Crippen molar-refractivity contribution in [3.8, 4) is 0 Å². The first-order valence-corrected chi connectivity index (χ1v) is 7.31. The molecule has 1 amide bonds. The van der Waals surface area contributed by atoms with Crippen LogP contribution in [0.2, 0.25) is 0 Å². The van der Waals surface area contributed by atoms with Crippen LogP contribution in [0.15, 0.2) is 6.20 Å². The molecule has 5 nitrogen and oxygen atoms in total. The number of nitrogens with zero attached hydrogens (tertiary/aromatic N) is 2. The number of hydrogen-bond acceptors (Lipinski definition) is 3. The van der Waals surface area contributed by atoms with Gasteiger partial charge in [0.15, 0.2) is 0 Å². The van der Waals surface area contributed by atoms with Crippen molar-refractivity contribution in [1.82, 2.24) is 9.78 Å². The van der Waals surface area contributed by atoms with Crippen LogP contribution in [-0.4, -0.2) is 26.9 Å². The van der Waals surface area contributed by atoms with Crippen molar-refractivity contribution in [2.24, 2.45) is 11.8 Å². The van der Waals surface area contributed by atoms with Gasteiger partial charge in [-0.15, -0.1) is 0 Å². The van der Waals surface area contributed by atoms with Gasteiger partial charge in [-0.25, -0.2) is 0 Å². The highest BCUT2D eigenvalue weighted by molar-refractivity contribution is 5.91. The van der Waals surface area contributed by atoms with Crippen molar-refractivity contribution < 1.29 is 9.90 Å². The number of aliphatic hydroxyl groups is 1. The minimum absolute atomic E-state index is 0.0793. The predicted molar refractivity (Wildman–Crippen MR) is 80.5 cm³/mol. The van der Waals surface area contributed by atoms with E-state index in [0.717, 1.165) is 24.3 Å². The maximum atomic E-state index is 11.8. The Balaban J connectivity index is 2.58. The SMILES string of the molecule is Cc1c(NC(=O)CC(O)C(C)C)cnn1CCC(C)C. The number of nitrogens with one attached hydrogen (secondary N) is 1. The number of rotatable bonds is 7. The molecule has 2 N–H and O–H groups in total. The Morgan fingerprint density at radius 2 is 2.05 bits per heavy atom. The van der Waals surface area contributed by atoms with E-state index in [9.17, 15) is 9.90 Å². The molecule has 0 aliphatic heterocycles.